The van der Waals surface area contributed by atoms with Crippen LogP contribution in [0.4, 0.5) is 0 Å². The summed E-state index contributed by atoms with van der Waals surface area (Å²) < 4.78 is 0. The molecular formula is C10H10ClNO2. The van der Waals surface area contributed by atoms with Gasteiger partial charge in [-0.25, -0.2) is 4.79 Å². The fraction of sp³-hybridized carbons (Fsp3) is 0.300. The highest BCUT2D eigenvalue weighted by molar-refractivity contribution is 6.33. The number of carbonyl (C=O) groups is 1. The Morgan fingerprint density at radius 1 is 1.57 bits per heavy atom. The maximum atomic E-state index is 10.8. The number of fused-ring (bicyclic) bond motifs is 1. The number of aryl methyl sites for hydroxylation is 1. The van der Waals surface area contributed by atoms with Crippen LogP contribution in [0.1, 0.15) is 33.9 Å². The predicted molar refractivity (Wildman–Crippen MR) is 53.7 cm³/mol. The van der Waals surface area contributed by atoms with E-state index in [2.05, 4.69) is 0 Å². The highest BCUT2D eigenvalue weighted by Gasteiger charge is 2.22. The summed E-state index contributed by atoms with van der Waals surface area (Å²) in [7, 11) is 0. The highest BCUT2D eigenvalue weighted by Crippen LogP contribution is 2.33. The largest absolute Gasteiger partial charge is 0.478 e. The average Bonchev–Trinajstić information content (AvgIpc) is 2.46. The molecule has 1 aliphatic rings. The number of benzene rings is 1. The van der Waals surface area contributed by atoms with Crippen LogP contribution in [0.25, 0.3) is 0 Å². The van der Waals surface area contributed by atoms with Crippen LogP contribution < -0.4 is 5.73 Å². The van der Waals surface area contributed by atoms with Crippen LogP contribution in [-0.4, -0.2) is 11.1 Å². The maximum absolute atomic E-state index is 10.8. The van der Waals surface area contributed by atoms with Crippen LogP contribution in [0, 0.1) is 0 Å². The molecule has 3 N–H and O–H groups in total. The van der Waals surface area contributed by atoms with Gasteiger partial charge in [0, 0.05) is 6.04 Å². The number of hydrogen-bond acceptors (Lipinski definition) is 2. The van der Waals surface area contributed by atoms with Gasteiger partial charge in [0.1, 0.15) is 0 Å². The number of carboxylic acids is 1. The topological polar surface area (TPSA) is 63.3 Å². The van der Waals surface area contributed by atoms with Crippen LogP contribution in [0.5, 0.6) is 0 Å². The van der Waals surface area contributed by atoms with Crippen LogP contribution in [0.15, 0.2) is 12.1 Å². The second-order valence-corrected chi connectivity index (χ2v) is 3.89. The van der Waals surface area contributed by atoms with Crippen molar-refractivity contribution >= 4 is 17.6 Å². The predicted octanol–water partition coefficient (Wildman–Crippen LogP) is 1.98. The van der Waals surface area contributed by atoms with Crippen molar-refractivity contribution in [1.29, 1.82) is 0 Å². The molecular weight excluding hydrogens is 202 g/mol. The molecule has 0 heterocycles. The van der Waals surface area contributed by atoms with Gasteiger partial charge < -0.3 is 10.8 Å². The van der Waals surface area contributed by atoms with Gasteiger partial charge in [0.2, 0.25) is 0 Å². The van der Waals surface area contributed by atoms with Crippen LogP contribution >= 0.6 is 11.6 Å². The van der Waals surface area contributed by atoms with Crippen molar-refractivity contribution in [2.75, 3.05) is 0 Å². The molecule has 0 bridgehead atoms. The van der Waals surface area contributed by atoms with E-state index < -0.39 is 5.97 Å². The van der Waals surface area contributed by atoms with Gasteiger partial charge in [-0.15, -0.1) is 0 Å². The molecule has 14 heavy (non-hydrogen) atoms. The molecule has 0 fully saturated rings. The standard InChI is InChI=1S/C10H10ClNO2/c11-8-4-6-5(1-2-9(6)12)3-7(8)10(13)14/h3-4,9H,1-2,12H2,(H,13,14). The Labute approximate surface area is 86.5 Å². The molecule has 0 saturated carbocycles. The molecule has 0 radical (unpaired) electrons. The summed E-state index contributed by atoms with van der Waals surface area (Å²) in [6.07, 6.45) is 1.71. The second kappa shape index (κ2) is 3.26. The number of halogens is 1. The van der Waals surface area contributed by atoms with E-state index in [9.17, 15) is 4.79 Å². The minimum atomic E-state index is -0.988. The van der Waals surface area contributed by atoms with E-state index in [0.29, 0.717) is 0 Å². The van der Waals surface area contributed by atoms with Crippen LogP contribution in [-0.2, 0) is 6.42 Å². The Hall–Kier alpha value is -1.06. The molecule has 0 aromatic heterocycles. The molecule has 0 spiro atoms. The molecule has 2 rings (SSSR count). The zero-order chi connectivity index (χ0) is 10.3. The number of rotatable bonds is 1. The lowest BCUT2D eigenvalue weighted by atomic mass is 10.1. The normalized spacial score (nSPS) is 19.4. The first-order valence-corrected chi connectivity index (χ1v) is 4.78. The monoisotopic (exact) mass is 211 g/mol. The van der Waals surface area contributed by atoms with Gasteiger partial charge in [-0.2, -0.15) is 0 Å². The van der Waals surface area contributed by atoms with Crippen molar-refractivity contribution in [3.05, 3.63) is 33.8 Å². The summed E-state index contributed by atoms with van der Waals surface area (Å²) in [6, 6.07) is 3.32. The zero-order valence-corrected chi connectivity index (χ0v) is 8.21. The fourth-order valence-electron chi connectivity index (χ4n) is 1.83. The number of nitrogens with two attached hydrogens (primary N) is 1. The molecule has 0 saturated heterocycles. The van der Waals surface area contributed by atoms with Crippen molar-refractivity contribution in [2.45, 2.75) is 18.9 Å². The van der Waals surface area contributed by atoms with E-state index in [0.717, 1.165) is 24.0 Å². The quantitative estimate of drug-likeness (QED) is 0.747. The summed E-state index contributed by atoms with van der Waals surface area (Å²) in [5, 5.41) is 9.12. The lowest BCUT2D eigenvalue weighted by Crippen LogP contribution is -2.06. The van der Waals surface area contributed by atoms with E-state index in [1.165, 1.54) is 0 Å². The summed E-state index contributed by atoms with van der Waals surface area (Å²) in [5.41, 5.74) is 8.00. The second-order valence-electron chi connectivity index (χ2n) is 3.48. The van der Waals surface area contributed by atoms with E-state index in [4.69, 9.17) is 22.4 Å². The first kappa shape index (κ1) is 9.49. The van der Waals surface area contributed by atoms with Crippen LogP contribution in [0.3, 0.4) is 0 Å². The molecule has 1 aliphatic carbocycles. The fourth-order valence-corrected chi connectivity index (χ4v) is 2.08. The van der Waals surface area contributed by atoms with Crippen molar-refractivity contribution in [1.82, 2.24) is 0 Å². The van der Waals surface area contributed by atoms with Gasteiger partial charge in [0.15, 0.2) is 0 Å². The smallest absolute Gasteiger partial charge is 0.337 e. The lowest BCUT2D eigenvalue weighted by Gasteiger charge is -2.06. The number of hydrogen-bond donors (Lipinski definition) is 2. The van der Waals surface area contributed by atoms with Crippen LogP contribution in [0.2, 0.25) is 5.02 Å². The molecule has 4 heteroatoms. The zero-order valence-electron chi connectivity index (χ0n) is 7.46. The van der Waals surface area contributed by atoms with Gasteiger partial charge in [-0.1, -0.05) is 11.6 Å². The van der Waals surface area contributed by atoms with Gasteiger partial charge in [-0.3, -0.25) is 0 Å². The van der Waals surface area contributed by atoms with Gasteiger partial charge >= 0.3 is 5.97 Å². The van der Waals surface area contributed by atoms with E-state index >= 15 is 0 Å². The molecule has 3 nitrogen and oxygen atoms in total. The Kier molecular flexibility index (Phi) is 2.21. The number of carboxylic acid groups (broad SMARTS) is 1. The maximum Gasteiger partial charge on any atom is 0.337 e. The summed E-state index contributed by atoms with van der Waals surface area (Å²) in [6.45, 7) is 0. The van der Waals surface area contributed by atoms with E-state index in [1.807, 2.05) is 0 Å². The summed E-state index contributed by atoms with van der Waals surface area (Å²) >= 11 is 5.83. The molecule has 0 amide bonds. The third-order valence-corrected chi connectivity index (χ3v) is 2.90. The molecule has 1 unspecified atom stereocenters. The van der Waals surface area contributed by atoms with Crippen molar-refractivity contribution < 1.29 is 9.90 Å². The van der Waals surface area contributed by atoms with E-state index in [-0.39, 0.29) is 16.6 Å². The minimum absolute atomic E-state index is 0.00495. The molecule has 1 aromatic rings. The SMILES string of the molecule is NC1CCc2cc(C(=O)O)c(Cl)cc21. The minimum Gasteiger partial charge on any atom is -0.478 e. The molecule has 1 atom stereocenters. The first-order valence-electron chi connectivity index (χ1n) is 4.41. The number of aromatic carboxylic acids is 1. The summed E-state index contributed by atoms with van der Waals surface area (Å²) in [5.74, 6) is -0.988. The average molecular weight is 212 g/mol. The Morgan fingerprint density at radius 3 is 2.93 bits per heavy atom. The Balaban J connectivity index is 2.55. The Bertz CT molecular complexity index is 403. The molecule has 1 aromatic carbocycles. The third-order valence-electron chi connectivity index (χ3n) is 2.58. The first-order chi connectivity index (χ1) is 6.59. The van der Waals surface area contributed by atoms with Gasteiger partial charge in [-0.05, 0) is 36.1 Å². The molecule has 0 aliphatic heterocycles. The highest BCUT2D eigenvalue weighted by atomic mass is 35.5. The van der Waals surface area contributed by atoms with Gasteiger partial charge in [0.05, 0.1) is 10.6 Å². The van der Waals surface area contributed by atoms with Gasteiger partial charge in [0.25, 0.3) is 0 Å². The lowest BCUT2D eigenvalue weighted by molar-refractivity contribution is 0.0697. The third kappa shape index (κ3) is 1.38. The van der Waals surface area contributed by atoms with Crippen molar-refractivity contribution in [2.24, 2.45) is 5.73 Å². The Morgan fingerprint density at radius 2 is 2.29 bits per heavy atom. The summed E-state index contributed by atoms with van der Waals surface area (Å²) in [4.78, 5) is 10.8. The van der Waals surface area contributed by atoms with Crippen molar-refractivity contribution in [3.8, 4) is 0 Å². The van der Waals surface area contributed by atoms with E-state index in [1.54, 1.807) is 12.1 Å². The van der Waals surface area contributed by atoms with Crippen molar-refractivity contribution in [3.63, 3.8) is 0 Å². The molecule has 74 valence electrons.